The van der Waals surface area contributed by atoms with Gasteiger partial charge in [0.1, 0.15) is 0 Å². The van der Waals surface area contributed by atoms with E-state index in [9.17, 15) is 14.7 Å². The maximum atomic E-state index is 12.2. The van der Waals surface area contributed by atoms with E-state index in [0.717, 1.165) is 5.56 Å². The number of aliphatic hydroxyl groups excluding tert-OH is 1. The lowest BCUT2D eigenvalue weighted by molar-refractivity contribution is 0.175. The Balaban J connectivity index is 2.06. The Morgan fingerprint density at radius 1 is 1.48 bits per heavy atom. The molecule has 3 N–H and O–H groups in total. The first-order chi connectivity index (χ1) is 12.0. The molecule has 3 rings (SSSR count). The fourth-order valence-electron chi connectivity index (χ4n) is 2.38. The van der Waals surface area contributed by atoms with Gasteiger partial charge in [-0.05, 0) is 13.0 Å². The fourth-order valence-corrected chi connectivity index (χ4v) is 2.38. The van der Waals surface area contributed by atoms with Gasteiger partial charge in [0, 0.05) is 25.0 Å². The molecular formula is C15H17N7O3. The zero-order chi connectivity index (χ0) is 18.0. The highest BCUT2D eigenvalue weighted by Gasteiger charge is 2.18. The molecule has 1 atom stereocenters. The molecule has 0 spiro atoms. The van der Waals surface area contributed by atoms with Gasteiger partial charge < -0.3 is 9.67 Å². The number of anilines is 1. The molecule has 0 aliphatic rings. The number of aromatic amines is 1. The van der Waals surface area contributed by atoms with Crippen LogP contribution < -0.4 is 16.7 Å². The minimum atomic E-state index is -0.725. The molecule has 25 heavy (non-hydrogen) atoms. The number of H-pyrrole nitrogens is 1. The summed E-state index contributed by atoms with van der Waals surface area (Å²) in [6.07, 6.45) is 4.11. The summed E-state index contributed by atoms with van der Waals surface area (Å²) in [6.45, 7) is 1.70. The van der Waals surface area contributed by atoms with E-state index in [1.165, 1.54) is 16.2 Å². The second kappa shape index (κ2) is 6.69. The van der Waals surface area contributed by atoms with Gasteiger partial charge in [-0.2, -0.15) is 10.1 Å². The van der Waals surface area contributed by atoms with Crippen molar-refractivity contribution in [1.82, 2.24) is 24.1 Å². The molecule has 0 aliphatic carbocycles. The van der Waals surface area contributed by atoms with Crippen LogP contribution in [0.2, 0.25) is 0 Å². The Kier molecular flexibility index (Phi) is 4.44. The van der Waals surface area contributed by atoms with E-state index in [0.29, 0.717) is 0 Å². The SMILES string of the molecule is CC(O)Cn1c(NN=Cc2cccnc2)nc2c1c(=O)[nH]c(=O)n2C. The summed E-state index contributed by atoms with van der Waals surface area (Å²) in [5.41, 5.74) is 2.77. The predicted molar refractivity (Wildman–Crippen MR) is 92.7 cm³/mol. The topological polar surface area (TPSA) is 130 Å². The van der Waals surface area contributed by atoms with Crippen LogP contribution in [-0.2, 0) is 13.6 Å². The van der Waals surface area contributed by atoms with Crippen molar-refractivity contribution in [3.63, 3.8) is 0 Å². The molecule has 10 nitrogen and oxygen atoms in total. The third-order valence-electron chi connectivity index (χ3n) is 3.52. The van der Waals surface area contributed by atoms with Crippen LogP contribution in [0.25, 0.3) is 11.2 Å². The van der Waals surface area contributed by atoms with E-state index in [1.807, 2.05) is 6.07 Å². The molecule has 10 heteroatoms. The smallest absolute Gasteiger partial charge is 0.329 e. The molecular weight excluding hydrogens is 326 g/mol. The second-order valence-electron chi connectivity index (χ2n) is 5.54. The Morgan fingerprint density at radius 2 is 2.28 bits per heavy atom. The number of nitrogens with one attached hydrogen (secondary N) is 2. The Bertz CT molecular complexity index is 1030. The van der Waals surface area contributed by atoms with E-state index < -0.39 is 17.4 Å². The summed E-state index contributed by atoms with van der Waals surface area (Å²) in [4.78, 5) is 34.4. The Hall–Kier alpha value is -3.27. The minimum Gasteiger partial charge on any atom is -0.392 e. The van der Waals surface area contributed by atoms with E-state index in [4.69, 9.17) is 0 Å². The van der Waals surface area contributed by atoms with Crippen LogP contribution in [0.5, 0.6) is 0 Å². The van der Waals surface area contributed by atoms with Crippen LogP contribution in [0.1, 0.15) is 12.5 Å². The number of aliphatic hydroxyl groups is 1. The van der Waals surface area contributed by atoms with Gasteiger partial charge in [0.05, 0.1) is 18.9 Å². The van der Waals surface area contributed by atoms with Crippen molar-refractivity contribution in [2.24, 2.45) is 12.1 Å². The number of hydrogen-bond donors (Lipinski definition) is 3. The lowest BCUT2D eigenvalue weighted by atomic mass is 10.3. The van der Waals surface area contributed by atoms with Crippen LogP contribution >= 0.6 is 0 Å². The number of rotatable bonds is 5. The van der Waals surface area contributed by atoms with Gasteiger partial charge in [-0.15, -0.1) is 0 Å². The standard InChI is InChI=1S/C15H17N7O3/c1-9(23)8-22-11-12(21(2)15(25)19-13(11)24)18-14(22)20-17-7-10-4-3-5-16-6-10/h3-7,9,23H,8H2,1-2H3,(H,18,20)(H,19,24,25). The van der Waals surface area contributed by atoms with Crippen molar-refractivity contribution in [2.45, 2.75) is 19.6 Å². The molecule has 0 saturated heterocycles. The van der Waals surface area contributed by atoms with Crippen molar-refractivity contribution < 1.29 is 5.11 Å². The van der Waals surface area contributed by atoms with Crippen LogP contribution in [0.4, 0.5) is 5.95 Å². The lowest BCUT2D eigenvalue weighted by Gasteiger charge is -2.09. The zero-order valence-electron chi connectivity index (χ0n) is 13.7. The second-order valence-corrected chi connectivity index (χ2v) is 5.54. The first-order valence-electron chi connectivity index (χ1n) is 7.54. The van der Waals surface area contributed by atoms with Crippen LogP contribution in [0.3, 0.4) is 0 Å². The Labute approximate surface area is 141 Å². The lowest BCUT2D eigenvalue weighted by Crippen LogP contribution is -2.29. The third kappa shape index (κ3) is 3.33. The largest absolute Gasteiger partial charge is 0.392 e. The number of fused-ring (bicyclic) bond motifs is 1. The number of hydrogen-bond acceptors (Lipinski definition) is 7. The highest BCUT2D eigenvalue weighted by atomic mass is 16.3. The van der Waals surface area contributed by atoms with E-state index in [2.05, 4.69) is 25.5 Å². The summed E-state index contributed by atoms with van der Waals surface area (Å²) in [5.74, 6) is 0.239. The van der Waals surface area contributed by atoms with Crippen molar-refractivity contribution >= 4 is 23.3 Å². The number of imidazole rings is 1. The van der Waals surface area contributed by atoms with Gasteiger partial charge in [0.15, 0.2) is 11.2 Å². The van der Waals surface area contributed by atoms with Gasteiger partial charge in [0.2, 0.25) is 5.95 Å². The van der Waals surface area contributed by atoms with Crippen molar-refractivity contribution in [3.05, 3.63) is 50.9 Å². The summed E-state index contributed by atoms with van der Waals surface area (Å²) in [7, 11) is 1.50. The summed E-state index contributed by atoms with van der Waals surface area (Å²) in [6, 6.07) is 3.60. The van der Waals surface area contributed by atoms with E-state index in [1.54, 1.807) is 31.6 Å². The first kappa shape index (κ1) is 16.6. The quantitative estimate of drug-likeness (QED) is 0.429. The van der Waals surface area contributed by atoms with Gasteiger partial charge in [-0.1, -0.05) is 6.07 Å². The molecule has 0 saturated carbocycles. The van der Waals surface area contributed by atoms with Gasteiger partial charge in [-0.3, -0.25) is 19.3 Å². The molecule has 3 aromatic heterocycles. The summed E-state index contributed by atoms with van der Waals surface area (Å²) in [5, 5.41) is 13.8. The average Bonchev–Trinajstić information content (AvgIpc) is 2.92. The molecule has 0 radical (unpaired) electrons. The Morgan fingerprint density at radius 3 is 2.96 bits per heavy atom. The molecule has 0 fully saturated rings. The molecule has 1 unspecified atom stereocenters. The first-order valence-corrected chi connectivity index (χ1v) is 7.54. The van der Waals surface area contributed by atoms with Crippen molar-refractivity contribution in [1.29, 1.82) is 0 Å². The fraction of sp³-hybridized carbons (Fsp3) is 0.267. The number of hydrazone groups is 1. The summed E-state index contributed by atoms with van der Waals surface area (Å²) >= 11 is 0. The maximum Gasteiger partial charge on any atom is 0.329 e. The van der Waals surface area contributed by atoms with Crippen molar-refractivity contribution in [2.75, 3.05) is 5.43 Å². The number of aromatic nitrogens is 5. The zero-order valence-corrected chi connectivity index (χ0v) is 13.7. The van der Waals surface area contributed by atoms with Crippen molar-refractivity contribution in [3.8, 4) is 0 Å². The molecule has 130 valence electrons. The monoisotopic (exact) mass is 343 g/mol. The molecule has 3 aromatic rings. The third-order valence-corrected chi connectivity index (χ3v) is 3.52. The van der Waals surface area contributed by atoms with Gasteiger partial charge in [-0.25, -0.2) is 10.2 Å². The highest BCUT2D eigenvalue weighted by Crippen LogP contribution is 2.16. The minimum absolute atomic E-state index is 0.114. The number of pyridine rings is 1. The number of aryl methyl sites for hydroxylation is 1. The van der Waals surface area contributed by atoms with Crippen LogP contribution in [0.15, 0.2) is 39.2 Å². The predicted octanol–water partition coefficient (Wildman–Crippen LogP) is -0.355. The molecule has 3 heterocycles. The van der Waals surface area contributed by atoms with Crippen LogP contribution in [0, 0.1) is 0 Å². The maximum absolute atomic E-state index is 12.2. The van der Waals surface area contributed by atoms with Gasteiger partial charge in [0.25, 0.3) is 5.56 Å². The molecule has 0 aliphatic heterocycles. The molecule has 0 aromatic carbocycles. The van der Waals surface area contributed by atoms with E-state index in [-0.39, 0.29) is 23.7 Å². The highest BCUT2D eigenvalue weighted by molar-refractivity contribution is 5.80. The van der Waals surface area contributed by atoms with Crippen LogP contribution in [-0.4, -0.2) is 41.5 Å². The van der Waals surface area contributed by atoms with E-state index >= 15 is 0 Å². The molecule has 0 bridgehead atoms. The summed E-state index contributed by atoms with van der Waals surface area (Å²) < 4.78 is 2.71. The number of nitrogens with zero attached hydrogens (tertiary/aromatic N) is 5. The normalized spacial score (nSPS) is 12.8. The molecule has 0 amide bonds. The average molecular weight is 343 g/mol. The van der Waals surface area contributed by atoms with Gasteiger partial charge >= 0.3 is 5.69 Å².